The summed E-state index contributed by atoms with van der Waals surface area (Å²) in [7, 11) is 0. The smallest absolute Gasteiger partial charge is 0.0541 e. The summed E-state index contributed by atoms with van der Waals surface area (Å²) < 4.78 is 1.28. The summed E-state index contributed by atoms with van der Waals surface area (Å²) in [5.74, 6) is 0. The van der Waals surface area contributed by atoms with Gasteiger partial charge in [0, 0.05) is 12.7 Å². The van der Waals surface area contributed by atoms with Crippen molar-refractivity contribution in [1.82, 2.24) is 10.3 Å². The van der Waals surface area contributed by atoms with Gasteiger partial charge in [0.1, 0.15) is 0 Å². The normalized spacial score (nSPS) is 10.4. The lowest BCUT2D eigenvalue weighted by atomic mass is 10.2. The fourth-order valence-corrected chi connectivity index (χ4v) is 1.78. The Hall–Kier alpha value is -0.160. The van der Waals surface area contributed by atoms with Crippen LogP contribution in [-0.2, 0) is 6.54 Å². The third-order valence-corrected chi connectivity index (χ3v) is 2.78. The van der Waals surface area contributed by atoms with Crippen LogP contribution in [-0.4, -0.2) is 16.0 Å². The summed E-state index contributed by atoms with van der Waals surface area (Å²) >= 11 is 2.43. The van der Waals surface area contributed by atoms with E-state index in [-0.39, 0.29) is 0 Å². The van der Waals surface area contributed by atoms with Gasteiger partial charge in [0.05, 0.1) is 5.69 Å². The summed E-state index contributed by atoms with van der Waals surface area (Å²) in [5.41, 5.74) is 1.13. The number of hydrogen-bond donors (Lipinski definition) is 1. The molecular formula is C11H17IN2. The number of nitrogens with one attached hydrogen (secondary N) is 1. The molecule has 0 spiro atoms. The lowest BCUT2D eigenvalue weighted by Gasteiger charge is -2.03. The van der Waals surface area contributed by atoms with Gasteiger partial charge >= 0.3 is 0 Å². The monoisotopic (exact) mass is 304 g/mol. The first-order valence-corrected chi connectivity index (χ1v) is 6.62. The number of alkyl halides is 1. The number of rotatable bonds is 7. The number of pyridine rings is 1. The van der Waals surface area contributed by atoms with Gasteiger partial charge in [0.2, 0.25) is 0 Å². The zero-order valence-corrected chi connectivity index (χ0v) is 10.5. The minimum atomic E-state index is 0.894. The third-order valence-electron chi connectivity index (χ3n) is 2.02. The molecule has 2 nitrogen and oxygen atoms in total. The lowest BCUT2D eigenvalue weighted by Crippen LogP contribution is -2.15. The molecule has 0 fully saturated rings. The molecule has 0 aliphatic rings. The van der Waals surface area contributed by atoms with E-state index in [1.54, 1.807) is 0 Å². The van der Waals surface area contributed by atoms with Crippen molar-refractivity contribution in [3.05, 3.63) is 30.1 Å². The molecule has 3 heteroatoms. The SMILES string of the molecule is ICCCCCNCc1ccccn1. The van der Waals surface area contributed by atoms with Gasteiger partial charge in [-0.2, -0.15) is 0 Å². The van der Waals surface area contributed by atoms with E-state index >= 15 is 0 Å². The Morgan fingerprint density at radius 1 is 1.21 bits per heavy atom. The van der Waals surface area contributed by atoms with Crippen LogP contribution in [0.2, 0.25) is 0 Å². The summed E-state index contributed by atoms with van der Waals surface area (Å²) in [6, 6.07) is 6.03. The lowest BCUT2D eigenvalue weighted by molar-refractivity contribution is 0.614. The van der Waals surface area contributed by atoms with Crippen LogP contribution in [0.3, 0.4) is 0 Å². The zero-order valence-electron chi connectivity index (χ0n) is 8.38. The Bertz CT molecular complexity index is 226. The van der Waals surface area contributed by atoms with E-state index in [1.807, 2.05) is 18.3 Å². The van der Waals surface area contributed by atoms with Crippen LogP contribution < -0.4 is 5.32 Å². The molecule has 0 aliphatic carbocycles. The molecule has 0 bridgehead atoms. The molecule has 0 unspecified atom stereocenters. The number of nitrogens with zero attached hydrogens (tertiary/aromatic N) is 1. The van der Waals surface area contributed by atoms with Crippen LogP contribution in [0.1, 0.15) is 25.0 Å². The summed E-state index contributed by atoms with van der Waals surface area (Å²) in [6.45, 7) is 2.00. The topological polar surface area (TPSA) is 24.9 Å². The van der Waals surface area contributed by atoms with Crippen LogP contribution in [0.25, 0.3) is 0 Å². The second-order valence-corrected chi connectivity index (χ2v) is 4.33. The van der Waals surface area contributed by atoms with Gasteiger partial charge in [-0.25, -0.2) is 0 Å². The highest BCUT2D eigenvalue weighted by Gasteiger charge is 1.91. The quantitative estimate of drug-likeness (QED) is 0.476. The highest BCUT2D eigenvalue weighted by atomic mass is 127. The fraction of sp³-hybridized carbons (Fsp3) is 0.545. The van der Waals surface area contributed by atoms with Gasteiger partial charge in [0.15, 0.2) is 0 Å². The minimum Gasteiger partial charge on any atom is -0.311 e. The first-order chi connectivity index (χ1) is 6.93. The molecule has 14 heavy (non-hydrogen) atoms. The van der Waals surface area contributed by atoms with Crippen LogP contribution in [0.4, 0.5) is 0 Å². The van der Waals surface area contributed by atoms with Crippen molar-refractivity contribution in [3.63, 3.8) is 0 Å². The van der Waals surface area contributed by atoms with Gasteiger partial charge in [-0.05, 0) is 35.9 Å². The molecule has 0 aromatic carbocycles. The highest BCUT2D eigenvalue weighted by molar-refractivity contribution is 14.1. The summed E-state index contributed by atoms with van der Waals surface area (Å²) in [6.07, 6.45) is 5.78. The molecule has 0 saturated carbocycles. The highest BCUT2D eigenvalue weighted by Crippen LogP contribution is 1.98. The molecule has 0 saturated heterocycles. The third kappa shape index (κ3) is 5.54. The van der Waals surface area contributed by atoms with Crippen molar-refractivity contribution >= 4 is 22.6 Å². The van der Waals surface area contributed by atoms with Crippen molar-refractivity contribution in [2.75, 3.05) is 11.0 Å². The van der Waals surface area contributed by atoms with Gasteiger partial charge in [0.25, 0.3) is 0 Å². The van der Waals surface area contributed by atoms with Gasteiger partial charge in [-0.1, -0.05) is 35.1 Å². The second-order valence-electron chi connectivity index (χ2n) is 3.25. The molecule has 1 rings (SSSR count). The maximum atomic E-state index is 4.25. The molecule has 0 atom stereocenters. The minimum absolute atomic E-state index is 0.894. The molecule has 1 heterocycles. The Morgan fingerprint density at radius 3 is 2.86 bits per heavy atom. The van der Waals surface area contributed by atoms with Crippen LogP contribution >= 0.6 is 22.6 Å². The van der Waals surface area contributed by atoms with Crippen molar-refractivity contribution in [2.45, 2.75) is 25.8 Å². The van der Waals surface area contributed by atoms with Crippen molar-refractivity contribution in [1.29, 1.82) is 0 Å². The number of halogens is 1. The Morgan fingerprint density at radius 2 is 2.14 bits per heavy atom. The van der Waals surface area contributed by atoms with E-state index in [0.29, 0.717) is 0 Å². The predicted octanol–water partition coefficient (Wildman–Crippen LogP) is 2.78. The van der Waals surface area contributed by atoms with Crippen LogP contribution in [0, 0.1) is 0 Å². The molecule has 1 aromatic rings. The van der Waals surface area contributed by atoms with Crippen molar-refractivity contribution in [2.24, 2.45) is 0 Å². The predicted molar refractivity (Wildman–Crippen MR) is 68.7 cm³/mol. The Labute approximate surface area is 99.7 Å². The first-order valence-electron chi connectivity index (χ1n) is 5.10. The van der Waals surface area contributed by atoms with Crippen LogP contribution in [0.15, 0.2) is 24.4 Å². The Kier molecular flexibility index (Phi) is 6.95. The van der Waals surface area contributed by atoms with Crippen molar-refractivity contribution in [3.8, 4) is 0 Å². The molecule has 0 aliphatic heterocycles. The van der Waals surface area contributed by atoms with E-state index in [2.05, 4.69) is 39.0 Å². The van der Waals surface area contributed by atoms with E-state index in [0.717, 1.165) is 18.8 Å². The second kappa shape index (κ2) is 8.17. The number of hydrogen-bond acceptors (Lipinski definition) is 2. The summed E-state index contributed by atoms with van der Waals surface area (Å²) in [4.78, 5) is 4.25. The standard InChI is InChI=1S/C11H17IN2/c12-7-3-1-4-8-13-10-11-6-2-5-9-14-11/h2,5-6,9,13H,1,3-4,7-8,10H2. The average Bonchev–Trinajstić information content (AvgIpc) is 2.25. The van der Waals surface area contributed by atoms with Gasteiger partial charge in [-0.15, -0.1) is 0 Å². The zero-order chi connectivity index (χ0) is 10.1. The van der Waals surface area contributed by atoms with Gasteiger partial charge < -0.3 is 5.32 Å². The molecule has 0 radical (unpaired) electrons. The van der Waals surface area contributed by atoms with E-state index in [1.165, 1.54) is 23.7 Å². The molecule has 1 N–H and O–H groups in total. The van der Waals surface area contributed by atoms with E-state index in [4.69, 9.17) is 0 Å². The number of unbranched alkanes of at least 4 members (excludes halogenated alkanes) is 2. The van der Waals surface area contributed by atoms with E-state index in [9.17, 15) is 0 Å². The van der Waals surface area contributed by atoms with Crippen LogP contribution in [0.5, 0.6) is 0 Å². The summed E-state index contributed by atoms with van der Waals surface area (Å²) in [5, 5.41) is 3.40. The molecule has 78 valence electrons. The first kappa shape index (κ1) is 11.9. The largest absolute Gasteiger partial charge is 0.311 e. The van der Waals surface area contributed by atoms with Gasteiger partial charge in [-0.3, -0.25) is 4.98 Å². The molecular weight excluding hydrogens is 287 g/mol. The average molecular weight is 304 g/mol. The maximum Gasteiger partial charge on any atom is 0.0541 e. The fourth-order valence-electron chi connectivity index (χ4n) is 1.24. The van der Waals surface area contributed by atoms with E-state index < -0.39 is 0 Å². The van der Waals surface area contributed by atoms with Crippen molar-refractivity contribution < 1.29 is 0 Å². The number of aromatic nitrogens is 1. The molecule has 0 amide bonds. The Balaban J connectivity index is 1.99. The maximum absolute atomic E-state index is 4.25. The molecule has 1 aromatic heterocycles.